The molecule has 0 saturated carbocycles. The zero-order valence-corrected chi connectivity index (χ0v) is 22.5. The summed E-state index contributed by atoms with van der Waals surface area (Å²) in [4.78, 5) is 0. The third kappa shape index (κ3) is 5.19. The molecular formula is C39H32. The Bertz CT molecular complexity index is 1590. The molecule has 0 nitrogen and oxygen atoms in total. The molecule has 0 fully saturated rings. The second-order valence-corrected chi connectivity index (χ2v) is 10.3. The van der Waals surface area contributed by atoms with E-state index >= 15 is 0 Å². The summed E-state index contributed by atoms with van der Waals surface area (Å²) in [6.07, 6.45) is 0. The topological polar surface area (TPSA) is 0 Å². The zero-order valence-electron chi connectivity index (χ0n) is 22.5. The average Bonchev–Trinajstić information content (AvgIpc) is 3.00. The van der Waals surface area contributed by atoms with Crippen molar-refractivity contribution in [1.82, 2.24) is 0 Å². The first-order valence-electron chi connectivity index (χ1n) is 13.6. The van der Waals surface area contributed by atoms with Gasteiger partial charge in [-0.1, -0.05) is 140 Å². The van der Waals surface area contributed by atoms with E-state index in [2.05, 4.69) is 166 Å². The van der Waals surface area contributed by atoms with Gasteiger partial charge in [-0.05, 0) is 87.2 Å². The van der Waals surface area contributed by atoms with E-state index in [1.807, 2.05) is 0 Å². The lowest BCUT2D eigenvalue weighted by Gasteiger charge is -2.22. The molecule has 6 aromatic rings. The second kappa shape index (κ2) is 11.0. The molecule has 6 rings (SSSR count). The van der Waals surface area contributed by atoms with Gasteiger partial charge in [0.1, 0.15) is 0 Å². The summed E-state index contributed by atoms with van der Waals surface area (Å²) in [6, 6.07) is 55.1. The summed E-state index contributed by atoms with van der Waals surface area (Å²) in [7, 11) is 0. The van der Waals surface area contributed by atoms with Crippen molar-refractivity contribution in [1.29, 1.82) is 0 Å². The van der Waals surface area contributed by atoms with Crippen molar-refractivity contribution < 1.29 is 0 Å². The Morgan fingerprint density at radius 1 is 0.333 bits per heavy atom. The van der Waals surface area contributed by atoms with Crippen LogP contribution >= 0.6 is 0 Å². The van der Waals surface area contributed by atoms with E-state index in [0.29, 0.717) is 0 Å². The number of aryl methyl sites for hydroxylation is 2. The highest BCUT2D eigenvalue weighted by Gasteiger charge is 2.20. The Morgan fingerprint density at radius 3 is 1.13 bits per heavy atom. The zero-order chi connectivity index (χ0) is 26.6. The summed E-state index contributed by atoms with van der Waals surface area (Å²) in [5.41, 5.74) is 14.0. The van der Waals surface area contributed by atoms with Crippen molar-refractivity contribution in [2.24, 2.45) is 0 Å². The van der Waals surface area contributed by atoms with Gasteiger partial charge in [-0.25, -0.2) is 0 Å². The van der Waals surface area contributed by atoms with E-state index < -0.39 is 0 Å². The largest absolute Gasteiger partial charge is 0.0622 e. The molecular weight excluding hydrogens is 468 g/mol. The predicted octanol–water partition coefficient (Wildman–Crippen LogP) is 10.5. The first-order chi connectivity index (χ1) is 19.2. The molecule has 0 aromatic heterocycles. The molecule has 0 aliphatic rings. The molecule has 0 N–H and O–H groups in total. The molecule has 0 unspecified atom stereocenters. The SMILES string of the molecule is Cc1ccc(C(c2ccc(-c3ccccc3)cc2)c2ccc(C)c(-c3ccccc3)c2)cc1-c1ccccc1. The number of rotatable bonds is 6. The van der Waals surface area contributed by atoms with Gasteiger partial charge in [0.2, 0.25) is 0 Å². The predicted molar refractivity (Wildman–Crippen MR) is 166 cm³/mol. The highest BCUT2D eigenvalue weighted by atomic mass is 14.2. The summed E-state index contributed by atoms with van der Waals surface area (Å²) in [6.45, 7) is 4.41. The van der Waals surface area contributed by atoms with Crippen molar-refractivity contribution >= 4 is 0 Å². The maximum atomic E-state index is 2.39. The molecule has 0 saturated heterocycles. The Hall–Kier alpha value is -4.68. The minimum absolute atomic E-state index is 0.112. The van der Waals surface area contributed by atoms with Gasteiger partial charge < -0.3 is 0 Å². The molecule has 0 atom stereocenters. The van der Waals surface area contributed by atoms with E-state index in [4.69, 9.17) is 0 Å². The van der Waals surface area contributed by atoms with Crippen molar-refractivity contribution in [2.75, 3.05) is 0 Å². The lowest BCUT2D eigenvalue weighted by Crippen LogP contribution is -2.05. The van der Waals surface area contributed by atoms with E-state index in [9.17, 15) is 0 Å². The molecule has 0 bridgehead atoms. The van der Waals surface area contributed by atoms with Crippen LogP contribution in [0.1, 0.15) is 33.7 Å². The van der Waals surface area contributed by atoms with Crippen LogP contribution in [0, 0.1) is 13.8 Å². The maximum absolute atomic E-state index is 2.39. The first-order valence-corrected chi connectivity index (χ1v) is 13.6. The number of benzene rings is 6. The van der Waals surface area contributed by atoms with Gasteiger partial charge in [0.05, 0.1) is 0 Å². The van der Waals surface area contributed by atoms with Crippen LogP contribution in [0.2, 0.25) is 0 Å². The average molecular weight is 501 g/mol. The van der Waals surface area contributed by atoms with E-state index in [1.165, 1.54) is 61.2 Å². The third-order valence-electron chi connectivity index (χ3n) is 7.71. The van der Waals surface area contributed by atoms with Gasteiger partial charge in [0, 0.05) is 5.92 Å². The van der Waals surface area contributed by atoms with E-state index in [0.717, 1.165) is 0 Å². The Labute approximate surface area is 232 Å². The number of hydrogen-bond donors (Lipinski definition) is 0. The van der Waals surface area contributed by atoms with Crippen LogP contribution in [-0.2, 0) is 0 Å². The summed E-state index contributed by atoms with van der Waals surface area (Å²) < 4.78 is 0. The third-order valence-corrected chi connectivity index (χ3v) is 7.71. The van der Waals surface area contributed by atoms with Crippen LogP contribution in [0.5, 0.6) is 0 Å². The second-order valence-electron chi connectivity index (χ2n) is 10.3. The molecule has 0 amide bonds. The Kier molecular flexibility index (Phi) is 6.93. The lowest BCUT2D eigenvalue weighted by atomic mass is 9.81. The van der Waals surface area contributed by atoms with Crippen molar-refractivity contribution in [3.63, 3.8) is 0 Å². The van der Waals surface area contributed by atoms with Crippen LogP contribution in [0.15, 0.2) is 152 Å². The molecule has 0 spiro atoms. The van der Waals surface area contributed by atoms with Crippen molar-refractivity contribution in [2.45, 2.75) is 19.8 Å². The van der Waals surface area contributed by atoms with Crippen LogP contribution < -0.4 is 0 Å². The monoisotopic (exact) mass is 500 g/mol. The van der Waals surface area contributed by atoms with E-state index in [-0.39, 0.29) is 5.92 Å². The molecule has 39 heavy (non-hydrogen) atoms. The van der Waals surface area contributed by atoms with Crippen LogP contribution in [0.4, 0.5) is 0 Å². The Morgan fingerprint density at radius 2 is 0.692 bits per heavy atom. The molecule has 0 radical (unpaired) electrons. The van der Waals surface area contributed by atoms with Crippen LogP contribution in [0.25, 0.3) is 33.4 Å². The van der Waals surface area contributed by atoms with Gasteiger partial charge in [-0.3, -0.25) is 0 Å². The standard InChI is InChI=1S/C39H32/c1-28-18-20-35(26-37(28)32-14-8-4-9-15-32)39(34-24-22-31(23-25-34)30-12-6-3-7-13-30)36-21-19-29(2)38(27-36)33-16-10-5-11-17-33/h3-27,39H,1-2H3. The smallest absolute Gasteiger partial charge is 0.0340 e. The van der Waals surface area contributed by atoms with Gasteiger partial charge in [-0.15, -0.1) is 0 Å². The molecule has 0 aliphatic heterocycles. The minimum Gasteiger partial charge on any atom is -0.0622 e. The fraction of sp³-hybridized carbons (Fsp3) is 0.0769. The summed E-state index contributed by atoms with van der Waals surface area (Å²) >= 11 is 0. The highest BCUT2D eigenvalue weighted by molar-refractivity contribution is 5.71. The van der Waals surface area contributed by atoms with Gasteiger partial charge in [0.15, 0.2) is 0 Å². The first kappa shape index (κ1) is 24.6. The molecule has 0 heterocycles. The quantitative estimate of drug-likeness (QED) is 0.200. The van der Waals surface area contributed by atoms with Gasteiger partial charge in [0.25, 0.3) is 0 Å². The molecule has 188 valence electrons. The molecule has 6 aromatic carbocycles. The summed E-state index contributed by atoms with van der Waals surface area (Å²) in [5, 5.41) is 0. The maximum Gasteiger partial charge on any atom is 0.0340 e. The fourth-order valence-electron chi connectivity index (χ4n) is 5.57. The van der Waals surface area contributed by atoms with Gasteiger partial charge >= 0.3 is 0 Å². The minimum atomic E-state index is 0.112. The highest BCUT2D eigenvalue weighted by Crippen LogP contribution is 2.38. The van der Waals surface area contributed by atoms with Gasteiger partial charge in [-0.2, -0.15) is 0 Å². The van der Waals surface area contributed by atoms with Crippen molar-refractivity contribution in [3.05, 3.63) is 179 Å². The fourth-order valence-corrected chi connectivity index (χ4v) is 5.57. The molecule has 0 aliphatic carbocycles. The number of hydrogen-bond acceptors (Lipinski definition) is 0. The molecule has 0 heteroatoms. The normalized spacial score (nSPS) is 11.1. The Balaban J connectivity index is 1.51. The van der Waals surface area contributed by atoms with Crippen LogP contribution in [-0.4, -0.2) is 0 Å². The summed E-state index contributed by atoms with van der Waals surface area (Å²) in [5.74, 6) is 0.112. The lowest BCUT2D eigenvalue weighted by molar-refractivity contribution is 0.976. The van der Waals surface area contributed by atoms with Crippen molar-refractivity contribution in [3.8, 4) is 33.4 Å². The van der Waals surface area contributed by atoms with E-state index in [1.54, 1.807) is 0 Å². The van der Waals surface area contributed by atoms with Crippen LogP contribution in [0.3, 0.4) is 0 Å².